The van der Waals surface area contributed by atoms with Crippen molar-refractivity contribution in [3.63, 3.8) is 0 Å². The molecular formula is C105H170O15. The third-order valence-electron chi connectivity index (χ3n) is 23.5. The highest BCUT2D eigenvalue weighted by Crippen LogP contribution is 2.49. The van der Waals surface area contributed by atoms with E-state index in [1.54, 1.807) is 0 Å². The zero-order chi connectivity index (χ0) is 90.6. The van der Waals surface area contributed by atoms with Crippen molar-refractivity contribution in [2.75, 3.05) is 66.1 Å². The van der Waals surface area contributed by atoms with Crippen LogP contribution in [0.15, 0.2) is 60.7 Å². The van der Waals surface area contributed by atoms with Gasteiger partial charge in [0.15, 0.2) is 31.5 Å². The Morgan fingerprint density at radius 2 is 0.392 bits per heavy atom. The second kappa shape index (κ2) is 42.3. The van der Waals surface area contributed by atoms with Crippen molar-refractivity contribution in [1.29, 1.82) is 0 Å². The van der Waals surface area contributed by atoms with Crippen LogP contribution in [-0.4, -0.2) is 91.6 Å². The summed E-state index contributed by atoms with van der Waals surface area (Å²) in [5.41, 5.74) is 13.2. The van der Waals surface area contributed by atoms with Crippen molar-refractivity contribution >= 4 is 0 Å². The van der Waals surface area contributed by atoms with Crippen LogP contribution in [-0.2, 0) is 102 Å². The fourth-order valence-electron chi connectivity index (χ4n) is 15.7. The minimum Gasteiger partial charge on any atom is -0.507 e. The van der Waals surface area contributed by atoms with Gasteiger partial charge in [-0.25, -0.2) is 0 Å². The summed E-state index contributed by atoms with van der Waals surface area (Å²) >= 11 is 0. The van der Waals surface area contributed by atoms with Crippen LogP contribution in [0.5, 0.6) is 28.7 Å². The van der Waals surface area contributed by atoms with Crippen molar-refractivity contribution in [3.05, 3.63) is 144 Å². The maximum absolute atomic E-state index is 10.9. The summed E-state index contributed by atoms with van der Waals surface area (Å²) in [5, 5.41) is 54.0. The normalized spacial score (nSPS) is 22.6. The van der Waals surface area contributed by atoms with Crippen molar-refractivity contribution < 1.29 is 72.9 Å². The maximum Gasteiger partial charge on any atom is 0.183 e. The Balaban J connectivity index is 0.000000233. The van der Waals surface area contributed by atoms with E-state index in [-0.39, 0.29) is 85.6 Å². The number of phenols is 5. The van der Waals surface area contributed by atoms with E-state index in [1.165, 1.54) is 44.9 Å². The SMILES string of the molecule is CC1COC(c2cc(C(C)(C)C)c(O)c(C(C)(C)C)c2)OC1.CCC1COC(c2cc(C(C)(C)C)c(O)c(C(C)(C)C)c2)OC1.CCCC1COC(c2cc(C(C)(C)C)c(O)c(C(C)(C)C)c2)OC1.CCCCC1COC(c2cc(C(C)(C)C)c(O)c(C(C)(C)C)c2)OC1.CCCCCC1COC(c2cc(C(C)(C)C)c(O)c(C(C)(C)C)c2)OC1. The highest BCUT2D eigenvalue weighted by molar-refractivity contribution is 5.55. The van der Waals surface area contributed by atoms with Gasteiger partial charge in [0.2, 0.25) is 0 Å². The fourth-order valence-corrected chi connectivity index (χ4v) is 15.7. The highest BCUT2D eigenvalue weighted by Gasteiger charge is 2.38. The number of aromatic hydroxyl groups is 5. The summed E-state index contributed by atoms with van der Waals surface area (Å²) in [6, 6.07) is 20.5. The van der Waals surface area contributed by atoms with Crippen LogP contribution in [0.3, 0.4) is 0 Å². The molecule has 0 aromatic heterocycles. The molecule has 10 rings (SSSR count). The van der Waals surface area contributed by atoms with Crippen molar-refractivity contribution in [3.8, 4) is 28.7 Å². The van der Waals surface area contributed by atoms with Gasteiger partial charge >= 0.3 is 0 Å². The molecule has 5 aliphatic rings. The number of hydrogen-bond donors (Lipinski definition) is 5. The van der Waals surface area contributed by atoms with E-state index in [2.05, 4.69) is 279 Å². The Bertz CT molecular complexity index is 3800. The van der Waals surface area contributed by atoms with Gasteiger partial charge in [-0.2, -0.15) is 0 Å². The fraction of sp³-hybridized carbons (Fsp3) is 0.714. The van der Waals surface area contributed by atoms with Crippen LogP contribution in [0, 0.1) is 29.6 Å². The first kappa shape index (κ1) is 103. The summed E-state index contributed by atoms with van der Waals surface area (Å²) in [7, 11) is 0. The average Bonchev–Trinajstić information content (AvgIpc) is 0.795. The summed E-state index contributed by atoms with van der Waals surface area (Å²) in [5.74, 6) is 4.40. The first-order valence-corrected chi connectivity index (χ1v) is 45.7. The van der Waals surface area contributed by atoms with Gasteiger partial charge in [-0.15, -0.1) is 0 Å². The molecule has 0 amide bonds. The van der Waals surface area contributed by atoms with Gasteiger partial charge in [-0.1, -0.05) is 281 Å². The number of hydrogen-bond acceptors (Lipinski definition) is 15. The smallest absolute Gasteiger partial charge is 0.183 e. The Morgan fingerprint density at radius 3 is 0.558 bits per heavy atom. The van der Waals surface area contributed by atoms with Crippen LogP contribution in [0.25, 0.3) is 0 Å². The Morgan fingerprint density at radius 1 is 0.225 bits per heavy atom. The molecule has 0 atom stereocenters. The van der Waals surface area contributed by atoms with Crippen molar-refractivity contribution in [2.45, 2.75) is 392 Å². The topological polar surface area (TPSA) is 193 Å². The molecule has 5 aromatic carbocycles. The van der Waals surface area contributed by atoms with Crippen molar-refractivity contribution in [2.24, 2.45) is 29.6 Å². The molecular weight excluding hydrogens is 1500 g/mol. The van der Waals surface area contributed by atoms with Gasteiger partial charge in [-0.3, -0.25) is 0 Å². The van der Waals surface area contributed by atoms with Crippen LogP contribution < -0.4 is 0 Å². The van der Waals surface area contributed by atoms with Crippen molar-refractivity contribution in [1.82, 2.24) is 0 Å². The average molecular weight is 1670 g/mol. The molecule has 5 N–H and O–H groups in total. The minimum atomic E-state index is -0.334. The minimum absolute atomic E-state index is 0.137. The molecule has 5 fully saturated rings. The zero-order valence-corrected chi connectivity index (χ0v) is 82.0. The molecule has 120 heavy (non-hydrogen) atoms. The van der Waals surface area contributed by atoms with E-state index in [1.807, 2.05) is 24.3 Å². The number of rotatable bonds is 15. The lowest BCUT2D eigenvalue weighted by molar-refractivity contribution is -0.206. The summed E-state index contributed by atoms with van der Waals surface area (Å²) in [4.78, 5) is 0. The molecule has 0 bridgehead atoms. The molecule has 15 heteroatoms. The predicted molar refractivity (Wildman–Crippen MR) is 493 cm³/mol. The molecule has 0 radical (unpaired) electrons. The molecule has 680 valence electrons. The van der Waals surface area contributed by atoms with Gasteiger partial charge in [0.1, 0.15) is 28.7 Å². The summed E-state index contributed by atoms with van der Waals surface area (Å²) in [6.07, 6.45) is 10.3. The predicted octanol–water partition coefficient (Wildman–Crippen LogP) is 27.2. The standard InChI is InChI=1S/C23H38O3.C22H36O3.C21H34O3.C20H32O3.C19H30O3/c1-8-9-10-11-16-14-25-21(26-15-16)17-12-18(22(2,3)4)20(24)19(13-17)23(5,6)7;1-8-9-10-15-13-24-20(25-14-15)16-11-17(21(2,3)4)19(23)18(12-16)22(5,6)7;1-8-9-14-12-23-19(24-13-14)15-10-16(20(2,3)4)18(22)17(11-15)21(5,6)7;1-8-13-11-22-18(23-12-13)14-9-15(19(2,3)4)17(21)16(10-14)20(5,6)7;1-12-10-21-17(22-11-12)13-8-14(18(2,3)4)16(20)15(9-13)19(5,6)7/h12-13,16,21,24H,8-11,14-15H2,1-7H3;11-12,15,20,23H,8-10,13-14H2,1-7H3;10-11,14,19,22H,8-9,12-13H2,1-7H3;9-10,13,18,21H,8,11-12H2,1-7H3;8-9,12,17,20H,10-11H2,1-7H3. The van der Waals surface area contributed by atoms with E-state index in [0.717, 1.165) is 156 Å². The highest BCUT2D eigenvalue weighted by atomic mass is 16.7. The second-order valence-electron chi connectivity index (χ2n) is 45.7. The molecule has 0 spiro atoms. The number of ether oxygens (including phenoxy) is 10. The lowest BCUT2D eigenvalue weighted by Gasteiger charge is -2.33. The monoisotopic (exact) mass is 1670 g/mol. The van der Waals surface area contributed by atoms with Gasteiger partial charge in [0, 0.05) is 57.4 Å². The zero-order valence-electron chi connectivity index (χ0n) is 82.0. The van der Waals surface area contributed by atoms with Crippen LogP contribution in [0.1, 0.15) is 421 Å². The largest absolute Gasteiger partial charge is 0.507 e. The van der Waals surface area contributed by atoms with Gasteiger partial charge < -0.3 is 72.9 Å². The number of unbranched alkanes of at least 4 members (excludes halogenated alkanes) is 3. The van der Waals surface area contributed by atoms with E-state index in [9.17, 15) is 25.5 Å². The molecule has 0 unspecified atom stereocenters. The molecule has 5 aliphatic heterocycles. The summed E-state index contributed by atoms with van der Waals surface area (Å²) < 4.78 is 59.8. The Labute approximate surface area is 729 Å². The van der Waals surface area contributed by atoms with E-state index in [0.29, 0.717) is 71.6 Å². The number of phenolic OH excluding ortho intramolecular Hbond substituents is 5. The second-order valence-corrected chi connectivity index (χ2v) is 45.7. The van der Waals surface area contributed by atoms with Crippen LogP contribution in [0.4, 0.5) is 0 Å². The van der Waals surface area contributed by atoms with E-state index >= 15 is 0 Å². The lowest BCUT2D eigenvalue weighted by atomic mass is 9.78. The molecule has 0 saturated carbocycles. The van der Waals surface area contributed by atoms with Gasteiger partial charge in [0.05, 0.1) is 66.1 Å². The Kier molecular flexibility index (Phi) is 36.5. The van der Waals surface area contributed by atoms with E-state index in [4.69, 9.17) is 47.4 Å². The molecule has 5 saturated heterocycles. The quantitative estimate of drug-likeness (QED) is 0.0621. The first-order chi connectivity index (χ1) is 55.1. The van der Waals surface area contributed by atoms with Gasteiger partial charge in [-0.05, 0) is 196 Å². The molecule has 5 aromatic rings. The lowest BCUT2D eigenvalue weighted by Crippen LogP contribution is -2.28. The Hall–Kier alpha value is -5.30. The number of benzene rings is 5. The molecule has 0 aliphatic carbocycles. The summed E-state index contributed by atoms with van der Waals surface area (Å²) in [6.45, 7) is 82.0. The van der Waals surface area contributed by atoms with E-state index < -0.39 is 0 Å². The third kappa shape index (κ3) is 29.4. The van der Waals surface area contributed by atoms with Crippen LogP contribution in [0.2, 0.25) is 0 Å². The van der Waals surface area contributed by atoms with Gasteiger partial charge in [0.25, 0.3) is 0 Å². The molecule has 15 nitrogen and oxygen atoms in total. The maximum atomic E-state index is 10.9. The third-order valence-corrected chi connectivity index (χ3v) is 23.5. The van der Waals surface area contributed by atoms with Crippen LogP contribution >= 0.6 is 0 Å². The molecule has 5 heterocycles. The first-order valence-electron chi connectivity index (χ1n) is 45.7.